The van der Waals surface area contributed by atoms with Gasteiger partial charge in [0, 0.05) is 7.05 Å². The molecule has 4 fully saturated rings. The lowest BCUT2D eigenvalue weighted by Gasteiger charge is -2.58. The summed E-state index contributed by atoms with van der Waals surface area (Å²) in [4.78, 5) is 4.59. The standard InChI is InChI=1S/C15H24N4/c1-9-17-14(18-19(9)2)13(16)15-6-10-3-11(7-15)5-12(4-10)8-15/h10-13H,3-8,16H2,1-2H3. The predicted molar refractivity (Wildman–Crippen MR) is 73.3 cm³/mol. The first kappa shape index (κ1) is 11.9. The van der Waals surface area contributed by atoms with Crippen LogP contribution in [0.3, 0.4) is 0 Å². The summed E-state index contributed by atoms with van der Waals surface area (Å²) in [5.74, 6) is 4.64. The quantitative estimate of drug-likeness (QED) is 0.888. The average molecular weight is 260 g/mol. The minimum atomic E-state index is 0.0424. The molecule has 4 nitrogen and oxygen atoms in total. The first-order chi connectivity index (χ1) is 9.06. The first-order valence-electron chi connectivity index (χ1n) is 7.69. The van der Waals surface area contributed by atoms with E-state index in [1.54, 1.807) is 0 Å². The van der Waals surface area contributed by atoms with Crippen molar-refractivity contribution in [1.29, 1.82) is 0 Å². The van der Waals surface area contributed by atoms with Crippen LogP contribution in [-0.2, 0) is 7.05 Å². The van der Waals surface area contributed by atoms with Gasteiger partial charge in [-0.25, -0.2) is 4.98 Å². The highest BCUT2D eigenvalue weighted by atomic mass is 15.3. The molecular formula is C15H24N4. The molecule has 4 saturated carbocycles. The van der Waals surface area contributed by atoms with Gasteiger partial charge < -0.3 is 5.73 Å². The molecule has 1 aromatic heterocycles. The van der Waals surface area contributed by atoms with Crippen LogP contribution < -0.4 is 5.73 Å². The highest BCUT2D eigenvalue weighted by Gasteiger charge is 2.54. The van der Waals surface area contributed by atoms with Gasteiger partial charge in [0.1, 0.15) is 5.82 Å². The van der Waals surface area contributed by atoms with Crippen LogP contribution >= 0.6 is 0 Å². The molecule has 1 unspecified atom stereocenters. The topological polar surface area (TPSA) is 56.7 Å². The number of rotatable bonds is 2. The lowest BCUT2D eigenvalue weighted by Crippen LogP contribution is -2.51. The molecule has 2 N–H and O–H groups in total. The van der Waals surface area contributed by atoms with Gasteiger partial charge in [0.25, 0.3) is 0 Å². The maximum atomic E-state index is 6.64. The van der Waals surface area contributed by atoms with Gasteiger partial charge in [-0.05, 0) is 68.6 Å². The maximum Gasteiger partial charge on any atom is 0.168 e. The fourth-order valence-corrected chi connectivity index (χ4v) is 5.45. The van der Waals surface area contributed by atoms with Crippen LogP contribution in [0.2, 0.25) is 0 Å². The third kappa shape index (κ3) is 1.69. The van der Waals surface area contributed by atoms with E-state index in [-0.39, 0.29) is 6.04 Å². The van der Waals surface area contributed by atoms with Gasteiger partial charge in [-0.1, -0.05) is 0 Å². The molecular weight excluding hydrogens is 236 g/mol. The summed E-state index contributed by atoms with van der Waals surface area (Å²) in [6.45, 7) is 2.00. The van der Waals surface area contributed by atoms with E-state index in [1.807, 2.05) is 18.7 Å². The summed E-state index contributed by atoms with van der Waals surface area (Å²) in [7, 11) is 1.96. The summed E-state index contributed by atoms with van der Waals surface area (Å²) in [6.07, 6.45) is 8.33. The molecule has 0 radical (unpaired) electrons. The summed E-state index contributed by atoms with van der Waals surface area (Å²) in [6, 6.07) is 0.0424. The zero-order chi connectivity index (χ0) is 13.2. The zero-order valence-electron chi connectivity index (χ0n) is 12.0. The van der Waals surface area contributed by atoms with Crippen LogP contribution in [0.4, 0.5) is 0 Å². The van der Waals surface area contributed by atoms with Crippen LogP contribution in [-0.4, -0.2) is 14.8 Å². The number of aromatic nitrogens is 3. The lowest BCUT2D eigenvalue weighted by molar-refractivity contribution is -0.0691. The first-order valence-corrected chi connectivity index (χ1v) is 7.69. The van der Waals surface area contributed by atoms with Crippen molar-refractivity contribution in [3.05, 3.63) is 11.6 Å². The van der Waals surface area contributed by atoms with E-state index < -0.39 is 0 Å². The van der Waals surface area contributed by atoms with Crippen molar-refractivity contribution in [2.75, 3.05) is 0 Å². The molecule has 4 heteroatoms. The molecule has 1 atom stereocenters. The normalized spacial score (nSPS) is 41.7. The molecule has 4 aliphatic carbocycles. The van der Waals surface area contributed by atoms with E-state index in [9.17, 15) is 0 Å². The summed E-state index contributed by atoms with van der Waals surface area (Å²) >= 11 is 0. The van der Waals surface area contributed by atoms with Gasteiger partial charge in [0.05, 0.1) is 6.04 Å². The Morgan fingerprint density at radius 1 is 1.16 bits per heavy atom. The molecule has 0 aliphatic heterocycles. The molecule has 19 heavy (non-hydrogen) atoms. The minimum Gasteiger partial charge on any atom is -0.321 e. The molecule has 1 aromatic rings. The SMILES string of the molecule is Cc1nc(C(N)C23CC4CC(CC(C4)C2)C3)nn1C. The molecule has 4 aliphatic rings. The van der Waals surface area contributed by atoms with Gasteiger partial charge in [-0.3, -0.25) is 4.68 Å². The smallest absolute Gasteiger partial charge is 0.168 e. The number of aryl methyl sites for hydroxylation is 2. The number of hydrogen-bond donors (Lipinski definition) is 1. The zero-order valence-corrected chi connectivity index (χ0v) is 12.0. The number of hydrogen-bond acceptors (Lipinski definition) is 3. The molecule has 0 spiro atoms. The van der Waals surface area contributed by atoms with Gasteiger partial charge in [-0.15, -0.1) is 0 Å². The predicted octanol–water partition coefficient (Wildman–Crippen LogP) is 2.34. The second-order valence-corrected chi connectivity index (χ2v) is 7.40. The van der Waals surface area contributed by atoms with Gasteiger partial charge in [0.15, 0.2) is 5.82 Å². The maximum absolute atomic E-state index is 6.64. The summed E-state index contributed by atoms with van der Waals surface area (Å²) in [5.41, 5.74) is 6.95. The molecule has 4 bridgehead atoms. The Kier molecular flexibility index (Phi) is 2.39. The second kappa shape index (κ2) is 3.81. The summed E-state index contributed by atoms with van der Waals surface area (Å²) < 4.78 is 1.86. The van der Waals surface area contributed by atoms with Crippen molar-refractivity contribution >= 4 is 0 Å². The minimum absolute atomic E-state index is 0.0424. The Balaban J connectivity index is 1.67. The van der Waals surface area contributed by atoms with E-state index in [1.165, 1.54) is 38.5 Å². The number of nitrogens with zero attached hydrogens (tertiary/aromatic N) is 3. The van der Waals surface area contributed by atoms with E-state index in [0.717, 1.165) is 29.4 Å². The van der Waals surface area contributed by atoms with Crippen molar-refractivity contribution in [1.82, 2.24) is 14.8 Å². The third-order valence-corrected chi connectivity index (χ3v) is 6.02. The second-order valence-electron chi connectivity index (χ2n) is 7.40. The fraction of sp³-hybridized carbons (Fsp3) is 0.867. The Labute approximate surface area is 114 Å². The largest absolute Gasteiger partial charge is 0.321 e. The Bertz CT molecular complexity index is 449. The van der Waals surface area contributed by atoms with Crippen LogP contribution in [0.25, 0.3) is 0 Å². The van der Waals surface area contributed by atoms with E-state index in [2.05, 4.69) is 10.1 Å². The Hall–Kier alpha value is -0.900. The van der Waals surface area contributed by atoms with E-state index >= 15 is 0 Å². The lowest BCUT2D eigenvalue weighted by atomic mass is 9.47. The molecule has 0 amide bonds. The molecule has 0 saturated heterocycles. The summed E-state index contributed by atoms with van der Waals surface area (Å²) in [5, 5.41) is 4.55. The van der Waals surface area contributed by atoms with Gasteiger partial charge in [-0.2, -0.15) is 5.10 Å². The average Bonchev–Trinajstić information content (AvgIpc) is 2.67. The molecule has 104 valence electrons. The van der Waals surface area contributed by atoms with Crippen molar-refractivity contribution in [3.8, 4) is 0 Å². The Morgan fingerprint density at radius 2 is 1.68 bits per heavy atom. The highest BCUT2D eigenvalue weighted by molar-refractivity contribution is 5.11. The molecule has 5 rings (SSSR count). The molecule has 0 aromatic carbocycles. The van der Waals surface area contributed by atoms with E-state index in [4.69, 9.17) is 5.73 Å². The van der Waals surface area contributed by atoms with Gasteiger partial charge in [0.2, 0.25) is 0 Å². The van der Waals surface area contributed by atoms with Crippen molar-refractivity contribution in [2.45, 2.75) is 51.5 Å². The van der Waals surface area contributed by atoms with Crippen LogP contribution in [0, 0.1) is 30.1 Å². The van der Waals surface area contributed by atoms with Crippen LogP contribution in [0.5, 0.6) is 0 Å². The van der Waals surface area contributed by atoms with Crippen LogP contribution in [0.15, 0.2) is 0 Å². The molecule has 1 heterocycles. The van der Waals surface area contributed by atoms with Crippen molar-refractivity contribution in [3.63, 3.8) is 0 Å². The third-order valence-electron chi connectivity index (χ3n) is 6.02. The Morgan fingerprint density at radius 3 is 2.11 bits per heavy atom. The van der Waals surface area contributed by atoms with Crippen LogP contribution in [0.1, 0.15) is 56.2 Å². The van der Waals surface area contributed by atoms with Crippen molar-refractivity contribution in [2.24, 2.45) is 36.0 Å². The van der Waals surface area contributed by atoms with E-state index in [0.29, 0.717) is 5.41 Å². The number of nitrogens with two attached hydrogens (primary N) is 1. The monoisotopic (exact) mass is 260 g/mol. The van der Waals surface area contributed by atoms with Crippen molar-refractivity contribution < 1.29 is 0 Å². The highest BCUT2D eigenvalue weighted by Crippen LogP contribution is 2.63. The fourth-order valence-electron chi connectivity index (χ4n) is 5.45. The van der Waals surface area contributed by atoms with Gasteiger partial charge >= 0.3 is 0 Å².